The van der Waals surface area contributed by atoms with Gasteiger partial charge >= 0.3 is 0 Å². The number of anilines is 1. The molecule has 1 atom stereocenters. The van der Waals surface area contributed by atoms with E-state index in [1.54, 1.807) is 7.11 Å². The zero-order chi connectivity index (χ0) is 9.26. The average molecular weight is 179 g/mol. The summed E-state index contributed by atoms with van der Waals surface area (Å²) < 4.78 is 10.7. The molecule has 1 aliphatic rings. The van der Waals surface area contributed by atoms with Crippen LogP contribution in [-0.2, 0) is 11.2 Å². The number of rotatable bonds is 2. The number of nitrogens with two attached hydrogens (primary N) is 1. The average Bonchev–Trinajstić information content (AvgIpc) is 2.46. The summed E-state index contributed by atoms with van der Waals surface area (Å²) in [5.41, 5.74) is 7.64. The molecule has 70 valence electrons. The van der Waals surface area contributed by atoms with Crippen molar-refractivity contribution in [3.05, 3.63) is 23.8 Å². The molecule has 2 rings (SSSR count). The second-order valence-electron chi connectivity index (χ2n) is 3.27. The summed E-state index contributed by atoms with van der Waals surface area (Å²) in [7, 11) is 1.68. The Balaban J connectivity index is 2.16. The Morgan fingerprint density at radius 1 is 1.62 bits per heavy atom. The molecule has 1 aliphatic heterocycles. The van der Waals surface area contributed by atoms with Crippen molar-refractivity contribution < 1.29 is 9.47 Å². The molecule has 3 heteroatoms. The van der Waals surface area contributed by atoms with Gasteiger partial charge < -0.3 is 15.2 Å². The fourth-order valence-corrected chi connectivity index (χ4v) is 1.62. The third kappa shape index (κ3) is 1.60. The first kappa shape index (κ1) is 8.38. The minimum absolute atomic E-state index is 0.154. The molecule has 0 saturated carbocycles. The van der Waals surface area contributed by atoms with Crippen LogP contribution in [0.3, 0.4) is 0 Å². The van der Waals surface area contributed by atoms with Crippen LogP contribution >= 0.6 is 0 Å². The summed E-state index contributed by atoms with van der Waals surface area (Å²) in [5.74, 6) is 0.941. The fourth-order valence-electron chi connectivity index (χ4n) is 1.62. The Labute approximate surface area is 77.5 Å². The predicted molar refractivity (Wildman–Crippen MR) is 50.9 cm³/mol. The van der Waals surface area contributed by atoms with Gasteiger partial charge in [-0.05, 0) is 23.8 Å². The van der Waals surface area contributed by atoms with Crippen LogP contribution in [0.25, 0.3) is 0 Å². The molecular formula is C10H13NO2. The summed E-state index contributed by atoms with van der Waals surface area (Å²) in [6.45, 7) is 0.634. The van der Waals surface area contributed by atoms with E-state index in [1.807, 2.05) is 18.2 Å². The summed E-state index contributed by atoms with van der Waals surface area (Å²) in [5, 5.41) is 0. The molecule has 1 heterocycles. The van der Waals surface area contributed by atoms with Crippen LogP contribution in [0.5, 0.6) is 5.75 Å². The van der Waals surface area contributed by atoms with Gasteiger partial charge in [0.1, 0.15) is 11.9 Å². The van der Waals surface area contributed by atoms with Crippen molar-refractivity contribution in [2.24, 2.45) is 0 Å². The van der Waals surface area contributed by atoms with Gasteiger partial charge in [-0.1, -0.05) is 0 Å². The third-order valence-electron chi connectivity index (χ3n) is 2.18. The van der Waals surface area contributed by atoms with Crippen molar-refractivity contribution in [2.75, 3.05) is 19.5 Å². The standard InChI is InChI=1S/C10H13NO2/c1-12-6-9-5-7-4-8(11)2-3-10(7)13-9/h2-4,9H,5-6,11H2,1H3. The van der Waals surface area contributed by atoms with Gasteiger partial charge in [0.2, 0.25) is 0 Å². The third-order valence-corrected chi connectivity index (χ3v) is 2.18. The maximum atomic E-state index is 5.66. The molecule has 1 aromatic rings. The maximum Gasteiger partial charge on any atom is 0.126 e. The maximum absolute atomic E-state index is 5.66. The van der Waals surface area contributed by atoms with E-state index in [0.717, 1.165) is 17.9 Å². The summed E-state index contributed by atoms with van der Waals surface area (Å²) in [6.07, 6.45) is 1.05. The fraction of sp³-hybridized carbons (Fsp3) is 0.400. The molecular weight excluding hydrogens is 166 g/mol. The van der Waals surface area contributed by atoms with E-state index in [0.29, 0.717) is 6.61 Å². The van der Waals surface area contributed by atoms with Gasteiger partial charge in [-0.3, -0.25) is 0 Å². The highest BCUT2D eigenvalue weighted by Crippen LogP contribution is 2.30. The Hall–Kier alpha value is -1.22. The van der Waals surface area contributed by atoms with Crippen LogP contribution in [-0.4, -0.2) is 19.8 Å². The zero-order valence-electron chi connectivity index (χ0n) is 7.62. The molecule has 13 heavy (non-hydrogen) atoms. The van der Waals surface area contributed by atoms with Crippen molar-refractivity contribution in [3.8, 4) is 5.75 Å². The Morgan fingerprint density at radius 3 is 3.23 bits per heavy atom. The Kier molecular flexibility index (Phi) is 2.10. The molecule has 1 unspecified atom stereocenters. The molecule has 0 radical (unpaired) electrons. The van der Waals surface area contributed by atoms with Gasteiger partial charge in [-0.2, -0.15) is 0 Å². The van der Waals surface area contributed by atoms with Gasteiger partial charge in [0.15, 0.2) is 0 Å². The van der Waals surface area contributed by atoms with Crippen LogP contribution < -0.4 is 10.5 Å². The summed E-state index contributed by atoms with van der Waals surface area (Å²) in [4.78, 5) is 0. The molecule has 0 spiro atoms. The number of nitrogen functional groups attached to an aromatic ring is 1. The highest BCUT2D eigenvalue weighted by Gasteiger charge is 2.22. The van der Waals surface area contributed by atoms with E-state index in [9.17, 15) is 0 Å². The summed E-state index contributed by atoms with van der Waals surface area (Å²) in [6, 6.07) is 5.74. The lowest BCUT2D eigenvalue weighted by Gasteiger charge is -2.07. The van der Waals surface area contributed by atoms with E-state index in [1.165, 1.54) is 5.56 Å². The van der Waals surface area contributed by atoms with Gasteiger partial charge in [0.25, 0.3) is 0 Å². The van der Waals surface area contributed by atoms with E-state index < -0.39 is 0 Å². The van der Waals surface area contributed by atoms with Gasteiger partial charge in [-0.25, -0.2) is 0 Å². The highest BCUT2D eigenvalue weighted by atomic mass is 16.5. The molecule has 0 aliphatic carbocycles. The number of benzene rings is 1. The second-order valence-corrected chi connectivity index (χ2v) is 3.27. The van der Waals surface area contributed by atoms with Gasteiger partial charge in [0.05, 0.1) is 6.61 Å². The number of hydrogen-bond acceptors (Lipinski definition) is 3. The molecule has 0 amide bonds. The molecule has 0 saturated heterocycles. The molecule has 3 nitrogen and oxygen atoms in total. The number of fused-ring (bicyclic) bond motifs is 1. The number of methoxy groups -OCH3 is 1. The first-order chi connectivity index (χ1) is 6.29. The Bertz CT molecular complexity index is 312. The van der Waals surface area contributed by atoms with Crippen LogP contribution in [0, 0.1) is 0 Å². The van der Waals surface area contributed by atoms with E-state index in [2.05, 4.69) is 0 Å². The smallest absolute Gasteiger partial charge is 0.126 e. The van der Waals surface area contributed by atoms with Crippen molar-refractivity contribution in [1.29, 1.82) is 0 Å². The number of hydrogen-bond donors (Lipinski definition) is 1. The molecule has 2 N–H and O–H groups in total. The lowest BCUT2D eigenvalue weighted by Crippen LogP contribution is -2.19. The first-order valence-electron chi connectivity index (χ1n) is 4.33. The van der Waals surface area contributed by atoms with Crippen molar-refractivity contribution in [3.63, 3.8) is 0 Å². The molecule has 0 fully saturated rings. The zero-order valence-corrected chi connectivity index (χ0v) is 7.62. The highest BCUT2D eigenvalue weighted by molar-refractivity contribution is 5.49. The first-order valence-corrected chi connectivity index (χ1v) is 4.33. The molecule has 0 aromatic heterocycles. The molecule has 1 aromatic carbocycles. The summed E-state index contributed by atoms with van der Waals surface area (Å²) >= 11 is 0. The van der Waals surface area contributed by atoms with Crippen LogP contribution in [0.15, 0.2) is 18.2 Å². The predicted octanol–water partition coefficient (Wildman–Crippen LogP) is 1.22. The van der Waals surface area contributed by atoms with E-state index in [4.69, 9.17) is 15.2 Å². The van der Waals surface area contributed by atoms with E-state index in [-0.39, 0.29) is 6.10 Å². The van der Waals surface area contributed by atoms with Crippen LogP contribution in [0.1, 0.15) is 5.56 Å². The topological polar surface area (TPSA) is 44.5 Å². The lowest BCUT2D eigenvalue weighted by atomic mass is 10.1. The van der Waals surface area contributed by atoms with Crippen molar-refractivity contribution in [2.45, 2.75) is 12.5 Å². The quantitative estimate of drug-likeness (QED) is 0.694. The normalized spacial score (nSPS) is 19.6. The number of ether oxygens (including phenoxy) is 2. The second kappa shape index (κ2) is 3.26. The van der Waals surface area contributed by atoms with Gasteiger partial charge in [0, 0.05) is 19.2 Å². The largest absolute Gasteiger partial charge is 0.487 e. The van der Waals surface area contributed by atoms with Crippen molar-refractivity contribution >= 4 is 5.69 Å². The SMILES string of the molecule is COCC1Cc2cc(N)ccc2O1. The van der Waals surface area contributed by atoms with Crippen LogP contribution in [0.2, 0.25) is 0 Å². The van der Waals surface area contributed by atoms with E-state index >= 15 is 0 Å². The minimum atomic E-state index is 0.154. The molecule has 0 bridgehead atoms. The van der Waals surface area contributed by atoms with Gasteiger partial charge in [-0.15, -0.1) is 0 Å². The monoisotopic (exact) mass is 179 g/mol. The van der Waals surface area contributed by atoms with Crippen LogP contribution in [0.4, 0.5) is 5.69 Å². The Morgan fingerprint density at radius 2 is 2.46 bits per heavy atom. The minimum Gasteiger partial charge on any atom is -0.487 e. The lowest BCUT2D eigenvalue weighted by molar-refractivity contribution is 0.0951. The van der Waals surface area contributed by atoms with Crippen molar-refractivity contribution in [1.82, 2.24) is 0 Å².